The fourth-order valence-electron chi connectivity index (χ4n) is 0.800. The van der Waals surface area contributed by atoms with Gasteiger partial charge in [-0.25, -0.2) is 0 Å². The molecule has 0 aliphatic rings. The molecule has 4 heteroatoms. The molecule has 1 aromatic carbocycles. The van der Waals surface area contributed by atoms with Gasteiger partial charge in [0.1, 0.15) is 18.5 Å². The Morgan fingerprint density at radius 1 is 1.38 bits per heavy atom. The first-order valence-corrected chi connectivity index (χ1v) is 4.28. The van der Waals surface area contributed by atoms with Crippen molar-refractivity contribution in [1.82, 2.24) is 0 Å². The van der Waals surface area contributed by atoms with Crippen molar-refractivity contribution < 1.29 is 14.9 Å². The SMILES string of the molecule is OC[C@@H](O)COc1ccccc1Cl. The van der Waals surface area contributed by atoms with Crippen LogP contribution in [0.1, 0.15) is 0 Å². The number of ether oxygens (including phenoxy) is 1. The quantitative estimate of drug-likeness (QED) is 0.768. The zero-order chi connectivity index (χ0) is 9.68. The van der Waals surface area contributed by atoms with Crippen molar-refractivity contribution in [2.45, 2.75) is 6.10 Å². The van der Waals surface area contributed by atoms with Crippen molar-refractivity contribution in [3.63, 3.8) is 0 Å². The molecule has 0 unspecified atom stereocenters. The zero-order valence-corrected chi connectivity index (χ0v) is 7.74. The molecule has 0 heterocycles. The molecule has 0 fully saturated rings. The second kappa shape index (κ2) is 5.07. The summed E-state index contributed by atoms with van der Waals surface area (Å²) in [5, 5.41) is 18.0. The normalized spacial score (nSPS) is 12.5. The molecular weight excluding hydrogens is 192 g/mol. The van der Waals surface area contributed by atoms with Crippen molar-refractivity contribution in [3.8, 4) is 5.75 Å². The highest BCUT2D eigenvalue weighted by Crippen LogP contribution is 2.22. The lowest BCUT2D eigenvalue weighted by atomic mass is 10.3. The number of aliphatic hydroxyl groups excluding tert-OH is 2. The Labute approximate surface area is 81.5 Å². The van der Waals surface area contributed by atoms with E-state index in [4.69, 9.17) is 26.6 Å². The molecular formula is C9H11ClO3. The van der Waals surface area contributed by atoms with Gasteiger partial charge in [0.05, 0.1) is 11.6 Å². The molecule has 0 aliphatic carbocycles. The number of para-hydroxylation sites is 1. The summed E-state index contributed by atoms with van der Waals surface area (Å²) in [6, 6.07) is 6.97. The maximum atomic E-state index is 8.99. The van der Waals surface area contributed by atoms with Gasteiger partial charge in [-0.05, 0) is 12.1 Å². The van der Waals surface area contributed by atoms with Crippen LogP contribution in [0.5, 0.6) is 5.75 Å². The summed E-state index contributed by atoms with van der Waals surface area (Å²) in [6.45, 7) is -0.273. The summed E-state index contributed by atoms with van der Waals surface area (Å²) < 4.78 is 5.15. The molecule has 0 aromatic heterocycles. The third-order valence-electron chi connectivity index (χ3n) is 1.48. The van der Waals surface area contributed by atoms with E-state index in [1.54, 1.807) is 24.3 Å². The van der Waals surface area contributed by atoms with Crippen molar-refractivity contribution in [2.24, 2.45) is 0 Å². The average molecular weight is 203 g/mol. The third kappa shape index (κ3) is 3.22. The van der Waals surface area contributed by atoms with E-state index in [0.29, 0.717) is 10.8 Å². The fraction of sp³-hybridized carbons (Fsp3) is 0.333. The van der Waals surface area contributed by atoms with Gasteiger partial charge in [-0.1, -0.05) is 23.7 Å². The highest BCUT2D eigenvalue weighted by atomic mass is 35.5. The van der Waals surface area contributed by atoms with Crippen LogP contribution in [0.2, 0.25) is 5.02 Å². The Bertz CT molecular complexity index is 265. The molecule has 1 atom stereocenters. The van der Waals surface area contributed by atoms with Crippen molar-refractivity contribution in [2.75, 3.05) is 13.2 Å². The lowest BCUT2D eigenvalue weighted by molar-refractivity contribution is 0.0536. The van der Waals surface area contributed by atoms with E-state index in [2.05, 4.69) is 0 Å². The summed E-state index contributed by atoms with van der Waals surface area (Å²) in [7, 11) is 0. The number of benzene rings is 1. The maximum Gasteiger partial charge on any atom is 0.138 e. The molecule has 0 radical (unpaired) electrons. The van der Waals surface area contributed by atoms with Gasteiger partial charge in [0, 0.05) is 0 Å². The molecule has 0 saturated carbocycles. The Balaban J connectivity index is 2.50. The van der Waals surface area contributed by atoms with Crippen LogP contribution >= 0.6 is 11.6 Å². The first-order chi connectivity index (χ1) is 6.24. The van der Waals surface area contributed by atoms with E-state index >= 15 is 0 Å². The summed E-state index contributed by atoms with van der Waals surface area (Å²) in [5.41, 5.74) is 0. The van der Waals surface area contributed by atoms with Gasteiger partial charge in [-0.3, -0.25) is 0 Å². The third-order valence-corrected chi connectivity index (χ3v) is 1.79. The predicted molar refractivity (Wildman–Crippen MR) is 50.0 cm³/mol. The Morgan fingerprint density at radius 3 is 2.69 bits per heavy atom. The first-order valence-electron chi connectivity index (χ1n) is 3.90. The van der Waals surface area contributed by atoms with Gasteiger partial charge in [-0.15, -0.1) is 0 Å². The van der Waals surface area contributed by atoms with E-state index in [1.165, 1.54) is 0 Å². The van der Waals surface area contributed by atoms with Crippen molar-refractivity contribution in [1.29, 1.82) is 0 Å². The maximum absolute atomic E-state index is 8.99. The van der Waals surface area contributed by atoms with Crippen LogP contribution in [-0.4, -0.2) is 29.5 Å². The molecule has 3 nitrogen and oxygen atoms in total. The monoisotopic (exact) mass is 202 g/mol. The lowest BCUT2D eigenvalue weighted by Crippen LogP contribution is -2.21. The Hall–Kier alpha value is -0.770. The molecule has 2 N–H and O–H groups in total. The number of aliphatic hydroxyl groups is 2. The molecule has 0 aliphatic heterocycles. The van der Waals surface area contributed by atoms with E-state index in [0.717, 1.165) is 0 Å². The van der Waals surface area contributed by atoms with Gasteiger partial charge in [0.15, 0.2) is 0 Å². The lowest BCUT2D eigenvalue weighted by Gasteiger charge is -2.10. The molecule has 1 aromatic rings. The van der Waals surface area contributed by atoms with Gasteiger partial charge in [0.25, 0.3) is 0 Å². The summed E-state index contributed by atoms with van der Waals surface area (Å²) in [5.74, 6) is 0.511. The summed E-state index contributed by atoms with van der Waals surface area (Å²) in [6.07, 6.45) is -0.865. The average Bonchev–Trinajstić information content (AvgIpc) is 2.16. The smallest absolute Gasteiger partial charge is 0.138 e. The van der Waals surface area contributed by atoms with Crippen molar-refractivity contribution >= 4 is 11.6 Å². The minimum Gasteiger partial charge on any atom is -0.489 e. The molecule has 13 heavy (non-hydrogen) atoms. The standard InChI is InChI=1S/C9H11ClO3/c10-8-3-1-2-4-9(8)13-6-7(12)5-11/h1-4,7,11-12H,5-6H2/t7-/m1/s1. The largest absolute Gasteiger partial charge is 0.489 e. The second-order valence-electron chi connectivity index (χ2n) is 2.58. The Morgan fingerprint density at radius 2 is 2.08 bits per heavy atom. The molecule has 0 saturated heterocycles. The minimum absolute atomic E-state index is 0.0419. The number of halogens is 1. The number of rotatable bonds is 4. The topological polar surface area (TPSA) is 49.7 Å². The van der Waals surface area contributed by atoms with Crippen molar-refractivity contribution in [3.05, 3.63) is 29.3 Å². The van der Waals surface area contributed by atoms with Gasteiger partial charge in [-0.2, -0.15) is 0 Å². The van der Waals surface area contributed by atoms with Crippen LogP contribution in [0, 0.1) is 0 Å². The fourth-order valence-corrected chi connectivity index (χ4v) is 0.991. The summed E-state index contributed by atoms with van der Waals surface area (Å²) in [4.78, 5) is 0. The highest BCUT2D eigenvalue weighted by molar-refractivity contribution is 6.32. The van der Waals surface area contributed by atoms with Crippen LogP contribution < -0.4 is 4.74 Å². The second-order valence-corrected chi connectivity index (χ2v) is 2.99. The zero-order valence-electron chi connectivity index (χ0n) is 6.98. The minimum atomic E-state index is -0.865. The van der Waals surface area contributed by atoms with Crippen LogP contribution in [-0.2, 0) is 0 Å². The highest BCUT2D eigenvalue weighted by Gasteiger charge is 2.04. The van der Waals surface area contributed by atoms with Crippen LogP contribution in [0.25, 0.3) is 0 Å². The van der Waals surface area contributed by atoms with Gasteiger partial charge in [0.2, 0.25) is 0 Å². The molecule has 0 spiro atoms. The molecule has 0 bridgehead atoms. The van der Waals surface area contributed by atoms with E-state index < -0.39 is 6.10 Å². The Kier molecular flexibility index (Phi) is 4.02. The van der Waals surface area contributed by atoms with Crippen LogP contribution in [0.4, 0.5) is 0 Å². The summed E-state index contributed by atoms with van der Waals surface area (Å²) >= 11 is 5.78. The predicted octanol–water partition coefficient (Wildman–Crippen LogP) is 1.07. The van der Waals surface area contributed by atoms with Crippen LogP contribution in [0.3, 0.4) is 0 Å². The van der Waals surface area contributed by atoms with E-state index in [1.807, 2.05) is 0 Å². The number of hydrogen-bond acceptors (Lipinski definition) is 3. The molecule has 1 rings (SSSR count). The van der Waals surface area contributed by atoms with Crippen LogP contribution in [0.15, 0.2) is 24.3 Å². The van der Waals surface area contributed by atoms with Gasteiger partial charge < -0.3 is 14.9 Å². The van der Waals surface area contributed by atoms with Gasteiger partial charge >= 0.3 is 0 Å². The van der Waals surface area contributed by atoms with E-state index in [9.17, 15) is 0 Å². The molecule has 72 valence electrons. The first kappa shape index (κ1) is 10.3. The molecule has 0 amide bonds. The van der Waals surface area contributed by atoms with E-state index in [-0.39, 0.29) is 13.2 Å². The number of hydrogen-bond donors (Lipinski definition) is 2.